The first-order valence-electron chi connectivity index (χ1n) is 6.78. The smallest absolute Gasteiger partial charge is 0.348 e. The minimum absolute atomic E-state index is 0.0393. The second-order valence-electron chi connectivity index (χ2n) is 4.61. The molecule has 0 spiro atoms. The molecule has 10 heteroatoms. The van der Waals surface area contributed by atoms with Crippen molar-refractivity contribution in [2.75, 3.05) is 14.2 Å². The number of carbonyl (C=O) groups excluding carboxylic acids is 1. The first kappa shape index (κ1) is 19.4. The Balaban J connectivity index is 3.13. The third kappa shape index (κ3) is 4.91. The largest absolute Gasteiger partial charge is 0.494 e. The molecule has 0 aromatic carbocycles. The van der Waals surface area contributed by atoms with Crippen molar-refractivity contribution in [2.45, 2.75) is 36.4 Å². The van der Waals surface area contributed by atoms with E-state index in [4.69, 9.17) is 9.84 Å². The lowest BCUT2D eigenvalue weighted by atomic mass is 10.1. The first-order chi connectivity index (χ1) is 10.8. The van der Waals surface area contributed by atoms with Crippen LogP contribution in [0.2, 0.25) is 0 Å². The summed E-state index contributed by atoms with van der Waals surface area (Å²) in [7, 11) is -1.71. The number of carboxylic acids is 1. The molecule has 23 heavy (non-hydrogen) atoms. The number of aliphatic carboxylic acids is 1. The molecule has 2 N–H and O–H groups in total. The van der Waals surface area contributed by atoms with Crippen LogP contribution in [0.1, 0.15) is 35.9 Å². The molecule has 0 aliphatic carbocycles. The van der Waals surface area contributed by atoms with E-state index in [9.17, 15) is 18.0 Å². The average molecular weight is 365 g/mol. The van der Waals surface area contributed by atoms with Gasteiger partial charge >= 0.3 is 11.9 Å². The summed E-state index contributed by atoms with van der Waals surface area (Å²) in [5.74, 6) is -2.00. The molecule has 0 aliphatic heterocycles. The van der Waals surface area contributed by atoms with Crippen LogP contribution < -0.4 is 9.46 Å². The van der Waals surface area contributed by atoms with Crippen LogP contribution in [0.4, 0.5) is 0 Å². The van der Waals surface area contributed by atoms with E-state index < -0.39 is 28.0 Å². The fourth-order valence-corrected chi connectivity index (χ4v) is 4.51. The number of unbranched alkanes of at least 4 members (excludes halogenated alkanes) is 1. The molecule has 0 saturated carbocycles. The quantitative estimate of drug-likeness (QED) is 0.636. The fraction of sp³-hybridized carbons (Fsp3) is 0.538. The minimum atomic E-state index is -4.14. The van der Waals surface area contributed by atoms with Gasteiger partial charge in [0.1, 0.15) is 10.9 Å². The van der Waals surface area contributed by atoms with Crippen molar-refractivity contribution in [3.8, 4) is 5.75 Å². The zero-order valence-corrected chi connectivity index (χ0v) is 14.6. The van der Waals surface area contributed by atoms with E-state index in [1.165, 1.54) is 20.3 Å². The normalized spacial score (nSPS) is 12.7. The highest BCUT2D eigenvalue weighted by atomic mass is 32.2. The number of hydrogen-bond donors (Lipinski definition) is 2. The van der Waals surface area contributed by atoms with E-state index in [1.54, 1.807) is 0 Å². The Kier molecular flexibility index (Phi) is 6.98. The molecule has 1 rings (SSSR count). The molecule has 0 amide bonds. The van der Waals surface area contributed by atoms with Gasteiger partial charge in [-0.1, -0.05) is 19.8 Å². The molecule has 0 radical (unpaired) electrons. The highest BCUT2D eigenvalue weighted by Crippen LogP contribution is 2.34. The second-order valence-corrected chi connectivity index (χ2v) is 7.57. The number of thiophene rings is 1. The lowest BCUT2D eigenvalue weighted by Crippen LogP contribution is -2.40. The number of nitrogens with one attached hydrogen (secondary N) is 1. The number of carbonyl (C=O) groups is 2. The predicted molar refractivity (Wildman–Crippen MR) is 83.5 cm³/mol. The van der Waals surface area contributed by atoms with Crippen molar-refractivity contribution in [3.63, 3.8) is 0 Å². The van der Waals surface area contributed by atoms with Gasteiger partial charge in [0.15, 0.2) is 9.96 Å². The topological polar surface area (TPSA) is 119 Å². The summed E-state index contributed by atoms with van der Waals surface area (Å²) >= 11 is 0.658. The minimum Gasteiger partial charge on any atom is -0.494 e. The number of rotatable bonds is 9. The van der Waals surface area contributed by atoms with E-state index in [2.05, 4.69) is 9.46 Å². The average Bonchev–Trinajstić information content (AvgIpc) is 2.95. The van der Waals surface area contributed by atoms with Gasteiger partial charge in [0, 0.05) is 6.07 Å². The maximum atomic E-state index is 12.4. The van der Waals surface area contributed by atoms with Crippen LogP contribution in [0.15, 0.2) is 10.3 Å². The van der Waals surface area contributed by atoms with Gasteiger partial charge in [-0.2, -0.15) is 4.72 Å². The van der Waals surface area contributed by atoms with Crippen LogP contribution in [0.25, 0.3) is 0 Å². The number of carboxylic acid groups (broad SMARTS) is 1. The molecule has 1 heterocycles. The van der Waals surface area contributed by atoms with Gasteiger partial charge in [0.05, 0.1) is 14.2 Å². The number of esters is 1. The molecule has 0 saturated heterocycles. The van der Waals surface area contributed by atoms with Gasteiger partial charge in [0.2, 0.25) is 0 Å². The number of hydrogen-bond acceptors (Lipinski definition) is 7. The molecule has 0 aliphatic rings. The van der Waals surface area contributed by atoms with Crippen LogP contribution in [-0.4, -0.2) is 45.7 Å². The molecule has 1 atom stereocenters. The molecule has 0 bridgehead atoms. The Morgan fingerprint density at radius 3 is 2.52 bits per heavy atom. The molecule has 1 aromatic rings. The molecular weight excluding hydrogens is 346 g/mol. The second kappa shape index (κ2) is 8.27. The molecule has 1 aromatic heterocycles. The monoisotopic (exact) mass is 365 g/mol. The van der Waals surface area contributed by atoms with Crippen LogP contribution in [0, 0.1) is 0 Å². The Morgan fingerprint density at radius 1 is 1.39 bits per heavy atom. The maximum absolute atomic E-state index is 12.4. The first-order valence-corrected chi connectivity index (χ1v) is 9.08. The van der Waals surface area contributed by atoms with Gasteiger partial charge in [-0.25, -0.2) is 13.2 Å². The van der Waals surface area contributed by atoms with Gasteiger partial charge < -0.3 is 14.6 Å². The van der Waals surface area contributed by atoms with E-state index in [-0.39, 0.29) is 21.3 Å². The zero-order chi connectivity index (χ0) is 17.6. The van der Waals surface area contributed by atoms with E-state index in [0.29, 0.717) is 17.8 Å². The SMILES string of the molecule is CCCC[C@H](NS(=O)(=O)c1sc(C(=O)OC)cc1OC)C(=O)O. The van der Waals surface area contributed by atoms with Crippen molar-refractivity contribution < 1.29 is 32.6 Å². The van der Waals surface area contributed by atoms with Gasteiger partial charge in [0.25, 0.3) is 10.0 Å². The van der Waals surface area contributed by atoms with E-state index in [1.807, 2.05) is 6.92 Å². The number of sulfonamides is 1. The van der Waals surface area contributed by atoms with Crippen LogP contribution in [0.3, 0.4) is 0 Å². The predicted octanol–water partition coefficient (Wildman–Crippen LogP) is 1.47. The summed E-state index contributed by atoms with van der Waals surface area (Å²) in [6.45, 7) is 1.87. The summed E-state index contributed by atoms with van der Waals surface area (Å²) in [6.07, 6.45) is 1.47. The van der Waals surface area contributed by atoms with Crippen LogP contribution >= 0.6 is 11.3 Å². The third-order valence-electron chi connectivity index (χ3n) is 2.96. The van der Waals surface area contributed by atoms with E-state index in [0.717, 1.165) is 6.42 Å². The van der Waals surface area contributed by atoms with Crippen molar-refractivity contribution in [1.82, 2.24) is 4.72 Å². The lowest BCUT2D eigenvalue weighted by Gasteiger charge is -2.14. The highest BCUT2D eigenvalue weighted by Gasteiger charge is 2.30. The van der Waals surface area contributed by atoms with Gasteiger partial charge in [-0.3, -0.25) is 4.79 Å². The summed E-state index contributed by atoms with van der Waals surface area (Å²) in [6, 6.07) is 0.000652. The summed E-state index contributed by atoms with van der Waals surface area (Å²) in [4.78, 5) is 22.8. The van der Waals surface area contributed by atoms with Crippen molar-refractivity contribution in [1.29, 1.82) is 0 Å². The Morgan fingerprint density at radius 2 is 2.04 bits per heavy atom. The lowest BCUT2D eigenvalue weighted by molar-refractivity contribution is -0.139. The zero-order valence-electron chi connectivity index (χ0n) is 13.0. The number of ether oxygens (including phenoxy) is 2. The molecule has 0 fully saturated rings. The van der Waals surface area contributed by atoms with Crippen LogP contribution in [-0.2, 0) is 19.6 Å². The van der Waals surface area contributed by atoms with Gasteiger partial charge in [-0.15, -0.1) is 11.3 Å². The summed E-state index contributed by atoms with van der Waals surface area (Å²) in [5.41, 5.74) is 0. The molecular formula is C13H19NO7S2. The standard InChI is InChI=1S/C13H19NO7S2/c1-4-5-6-8(11(15)16)14-23(18,19)13-9(20-2)7-10(22-13)12(17)21-3/h7-8,14H,4-6H2,1-3H3,(H,15,16)/t8-/m0/s1. The third-order valence-corrected chi connectivity index (χ3v) is 6.04. The van der Waals surface area contributed by atoms with Crippen molar-refractivity contribution >= 4 is 33.3 Å². The molecule has 8 nitrogen and oxygen atoms in total. The van der Waals surface area contributed by atoms with Crippen LogP contribution in [0.5, 0.6) is 5.75 Å². The molecule has 130 valence electrons. The Labute approximate surface area is 138 Å². The summed E-state index contributed by atoms with van der Waals surface area (Å²) < 4.78 is 36.2. The van der Waals surface area contributed by atoms with E-state index >= 15 is 0 Å². The fourth-order valence-electron chi connectivity index (χ4n) is 1.77. The van der Waals surface area contributed by atoms with Gasteiger partial charge in [-0.05, 0) is 6.42 Å². The summed E-state index contributed by atoms with van der Waals surface area (Å²) in [5, 5.41) is 9.14. The molecule has 0 unspecified atom stereocenters. The Hall–Kier alpha value is -1.65. The maximum Gasteiger partial charge on any atom is 0.348 e. The number of methoxy groups -OCH3 is 2. The van der Waals surface area contributed by atoms with Crippen molar-refractivity contribution in [2.24, 2.45) is 0 Å². The highest BCUT2D eigenvalue weighted by molar-refractivity contribution is 7.91. The van der Waals surface area contributed by atoms with Crippen molar-refractivity contribution in [3.05, 3.63) is 10.9 Å². The Bertz CT molecular complexity index is 666.